The van der Waals surface area contributed by atoms with E-state index in [2.05, 4.69) is 73.9 Å². The van der Waals surface area contributed by atoms with Gasteiger partial charge in [0.05, 0.1) is 11.5 Å². The van der Waals surface area contributed by atoms with Gasteiger partial charge in [0.2, 0.25) is 5.91 Å². The first kappa shape index (κ1) is 49.4. The van der Waals surface area contributed by atoms with Crippen LogP contribution in [0, 0.1) is 56.7 Å². The van der Waals surface area contributed by atoms with E-state index in [0.717, 1.165) is 82.3 Å². The molecule has 8 rings (SSSR count). The van der Waals surface area contributed by atoms with E-state index in [1.165, 1.54) is 24.8 Å². The zero-order chi connectivity index (χ0) is 48.3. The summed E-state index contributed by atoms with van der Waals surface area (Å²) in [6, 6.07) is 13.0. The van der Waals surface area contributed by atoms with E-state index < -0.39 is 23.3 Å². The van der Waals surface area contributed by atoms with Crippen LogP contribution in [0.3, 0.4) is 0 Å². The number of carboxylic acids is 1. The number of carbonyl (C=O) groups is 4. The van der Waals surface area contributed by atoms with E-state index in [1.807, 2.05) is 32.2 Å². The van der Waals surface area contributed by atoms with Gasteiger partial charge in [0, 0.05) is 56.4 Å². The number of piperazine rings is 1. The molecule has 1 saturated heterocycles. The second-order valence-corrected chi connectivity index (χ2v) is 23.7. The van der Waals surface area contributed by atoms with Gasteiger partial charge in [0.25, 0.3) is 11.8 Å². The number of aliphatic carboxylic acids is 1. The fourth-order valence-electron chi connectivity index (χ4n) is 16.0. The molecular weight excluding hydrogens is 839 g/mol. The zero-order valence-electron chi connectivity index (χ0n) is 41.9. The van der Waals surface area contributed by atoms with E-state index in [-0.39, 0.29) is 58.1 Å². The first-order valence-electron chi connectivity index (χ1n) is 25.7. The standard InChI is InChI=1S/C56H81N5O6/c1-35(2)41-19-25-56(27-26-54(7)42(46(41)56)17-18-44-53(6)23-21-45(62)52(4,5)43(53)20-24-55(44,54)8)51(67)57-28-22-37-11-10-12-40(33-37)48(63)58-34-38-13-15-39(16-14-38)49(64)59-47(50(65)66)36(3)61-31-29-60(9)30-32-61/h10-16,33,36,41-47,62H,1,17-32,34H2,2-9H3,(H,57,67)(H,58,63)(H,59,64)(H,65,66)/t36-,41-,42?,43?,44?,45-,46?,47+,53-,54+,55+,56-/m0/s1. The minimum absolute atomic E-state index is 0.0732. The maximum absolute atomic E-state index is 14.8. The highest BCUT2D eigenvalue weighted by Gasteiger charge is 2.71. The average Bonchev–Trinajstić information content (AvgIpc) is 3.71. The fourth-order valence-corrected chi connectivity index (χ4v) is 16.0. The van der Waals surface area contributed by atoms with Crippen LogP contribution in [0.1, 0.15) is 145 Å². The Morgan fingerprint density at radius 2 is 1.49 bits per heavy atom. The smallest absolute Gasteiger partial charge is 0.327 e. The van der Waals surface area contributed by atoms with Crippen LogP contribution in [0.2, 0.25) is 0 Å². The number of nitrogens with one attached hydrogen (secondary N) is 3. The van der Waals surface area contributed by atoms with Crippen molar-refractivity contribution in [1.82, 2.24) is 25.8 Å². The summed E-state index contributed by atoms with van der Waals surface area (Å²) < 4.78 is 0. The van der Waals surface area contributed by atoms with Gasteiger partial charge in [0.15, 0.2) is 0 Å². The molecule has 5 aliphatic carbocycles. The van der Waals surface area contributed by atoms with E-state index in [4.69, 9.17) is 0 Å². The summed E-state index contributed by atoms with van der Waals surface area (Å²) in [5.41, 5.74) is 3.97. The van der Waals surface area contributed by atoms with Gasteiger partial charge in [0.1, 0.15) is 6.04 Å². The molecule has 0 spiro atoms. The number of hydrogen-bond donors (Lipinski definition) is 5. The third-order valence-electron chi connectivity index (χ3n) is 20.2. The van der Waals surface area contributed by atoms with Gasteiger partial charge >= 0.3 is 5.97 Å². The molecule has 11 heteroatoms. The molecule has 67 heavy (non-hydrogen) atoms. The molecule has 5 N–H and O–H groups in total. The Morgan fingerprint density at radius 1 is 0.776 bits per heavy atom. The second-order valence-electron chi connectivity index (χ2n) is 23.7. The maximum Gasteiger partial charge on any atom is 0.327 e. The number of nitrogens with zero attached hydrogens (tertiary/aromatic N) is 2. The van der Waals surface area contributed by atoms with Gasteiger partial charge in [-0.1, -0.05) is 71.0 Å². The number of fused-ring (bicyclic) bond motifs is 7. The van der Waals surface area contributed by atoms with Crippen molar-refractivity contribution in [1.29, 1.82) is 0 Å². The first-order chi connectivity index (χ1) is 31.7. The molecule has 0 bridgehead atoms. The molecule has 12 atom stereocenters. The quantitative estimate of drug-likeness (QED) is 0.127. The third-order valence-corrected chi connectivity index (χ3v) is 20.2. The van der Waals surface area contributed by atoms with Crippen LogP contribution in [0.15, 0.2) is 60.7 Å². The van der Waals surface area contributed by atoms with Crippen LogP contribution in [-0.2, 0) is 22.6 Å². The van der Waals surface area contributed by atoms with Gasteiger partial charge in [-0.15, -0.1) is 0 Å². The Hall–Kier alpha value is -4.06. The summed E-state index contributed by atoms with van der Waals surface area (Å²) in [6.45, 7) is 25.0. The average molecular weight is 920 g/mol. The first-order valence-corrected chi connectivity index (χ1v) is 25.7. The van der Waals surface area contributed by atoms with E-state index in [1.54, 1.807) is 30.3 Å². The van der Waals surface area contributed by atoms with E-state index in [9.17, 15) is 29.4 Å². The molecule has 0 radical (unpaired) electrons. The lowest BCUT2D eigenvalue weighted by Gasteiger charge is -2.72. The Balaban J connectivity index is 0.867. The van der Waals surface area contributed by atoms with Crippen molar-refractivity contribution in [2.75, 3.05) is 39.8 Å². The summed E-state index contributed by atoms with van der Waals surface area (Å²) in [5, 5.41) is 30.3. The van der Waals surface area contributed by atoms with Crippen molar-refractivity contribution in [3.63, 3.8) is 0 Å². The summed E-state index contributed by atoms with van der Waals surface area (Å²) in [5.74, 6) is 0.700. The summed E-state index contributed by atoms with van der Waals surface area (Å²) >= 11 is 0. The number of allylic oxidation sites excluding steroid dienone is 1. The van der Waals surface area contributed by atoms with Gasteiger partial charge in [-0.25, -0.2) is 4.79 Å². The van der Waals surface area contributed by atoms with Gasteiger partial charge in [-0.2, -0.15) is 0 Å². The number of aliphatic hydroxyl groups is 1. The highest BCUT2D eigenvalue weighted by molar-refractivity contribution is 5.97. The number of amides is 3. The number of carbonyl (C=O) groups excluding carboxylic acids is 3. The zero-order valence-corrected chi connectivity index (χ0v) is 41.9. The summed E-state index contributed by atoms with van der Waals surface area (Å²) in [7, 11) is 2.04. The highest BCUT2D eigenvalue weighted by Crippen LogP contribution is 2.77. The van der Waals surface area contributed by atoms with Crippen LogP contribution < -0.4 is 16.0 Å². The van der Waals surface area contributed by atoms with Gasteiger partial charge in [-0.05, 0) is 178 Å². The fraction of sp³-hybridized carbons (Fsp3) is 0.679. The van der Waals surface area contributed by atoms with Crippen molar-refractivity contribution in [3.05, 3.63) is 82.9 Å². The molecule has 3 amide bonds. The molecule has 5 saturated carbocycles. The molecule has 1 heterocycles. The number of aliphatic hydroxyl groups excluding tert-OH is 1. The lowest BCUT2D eigenvalue weighted by atomic mass is 9.32. The molecular formula is C56H81N5O6. The summed E-state index contributed by atoms with van der Waals surface area (Å²) in [6.07, 6.45) is 11.0. The molecule has 2 aromatic carbocycles. The van der Waals surface area contributed by atoms with E-state index >= 15 is 0 Å². The van der Waals surface area contributed by atoms with Crippen LogP contribution in [0.25, 0.3) is 0 Å². The predicted octanol–water partition coefficient (Wildman–Crippen LogP) is 8.11. The van der Waals surface area contributed by atoms with Crippen LogP contribution in [0.4, 0.5) is 0 Å². The largest absolute Gasteiger partial charge is 0.480 e. The van der Waals surface area contributed by atoms with Crippen molar-refractivity contribution in [2.45, 2.75) is 144 Å². The molecule has 6 fully saturated rings. The second kappa shape index (κ2) is 18.7. The predicted molar refractivity (Wildman–Crippen MR) is 263 cm³/mol. The van der Waals surface area contributed by atoms with Crippen molar-refractivity contribution in [2.24, 2.45) is 56.7 Å². The SMILES string of the molecule is C=C(C)[C@@H]1CC[C@]2(C(=O)NCCc3cccc(C(=O)NCc4ccc(C(=O)N[C@@H](C(=O)O)[C@H](C)N5CCN(C)CC5)cc4)c3)CC[C@]3(C)C(CCC4[C@@]5(C)CC[C@H](O)C(C)(C)C5CC[C@]43C)C12. The molecule has 4 unspecified atom stereocenters. The number of carboxylic acid groups (broad SMARTS) is 1. The lowest BCUT2D eigenvalue weighted by Crippen LogP contribution is -2.67. The minimum Gasteiger partial charge on any atom is -0.480 e. The van der Waals surface area contributed by atoms with Crippen molar-refractivity contribution in [3.8, 4) is 0 Å². The number of rotatable bonds is 13. The molecule has 11 nitrogen and oxygen atoms in total. The molecule has 0 aromatic heterocycles. The normalized spacial score (nSPS) is 35.7. The monoisotopic (exact) mass is 920 g/mol. The summed E-state index contributed by atoms with van der Waals surface area (Å²) in [4.78, 5) is 57.8. The Labute approximate surface area is 400 Å². The highest BCUT2D eigenvalue weighted by atomic mass is 16.4. The topological polar surface area (TPSA) is 151 Å². The van der Waals surface area contributed by atoms with E-state index in [0.29, 0.717) is 47.8 Å². The van der Waals surface area contributed by atoms with Crippen LogP contribution in [0.5, 0.6) is 0 Å². The van der Waals surface area contributed by atoms with Gasteiger partial charge < -0.3 is 31.1 Å². The molecule has 1 aliphatic heterocycles. The lowest BCUT2D eigenvalue weighted by molar-refractivity contribution is -0.246. The van der Waals surface area contributed by atoms with Crippen molar-refractivity contribution < 1.29 is 29.4 Å². The van der Waals surface area contributed by atoms with Crippen LogP contribution in [-0.4, -0.2) is 102 Å². The van der Waals surface area contributed by atoms with Gasteiger partial charge in [-0.3, -0.25) is 19.3 Å². The number of hydrogen-bond acceptors (Lipinski definition) is 7. The Kier molecular flexibility index (Phi) is 13.8. The molecule has 6 aliphatic rings. The minimum atomic E-state index is -1.07. The number of likely N-dealkylation sites (N-methyl/N-ethyl adjacent to an activating group) is 1. The molecule has 366 valence electrons. The van der Waals surface area contributed by atoms with Crippen LogP contribution >= 0.6 is 0 Å². The number of benzene rings is 2. The maximum atomic E-state index is 14.8. The Bertz CT molecular complexity index is 2200. The Morgan fingerprint density at radius 3 is 2.18 bits per heavy atom. The van der Waals surface area contributed by atoms with Crippen molar-refractivity contribution >= 4 is 23.7 Å². The third kappa shape index (κ3) is 8.70. The molecule has 2 aromatic rings.